The molecule has 2 aliphatic carbocycles. The van der Waals surface area contributed by atoms with Gasteiger partial charge in [0, 0.05) is 37.1 Å². The molecule has 1 fully saturated rings. The van der Waals surface area contributed by atoms with Gasteiger partial charge in [0.25, 0.3) is 0 Å². The predicted molar refractivity (Wildman–Crippen MR) is 540 cm³/mol. The average Bonchev–Trinajstić information content (AvgIpc) is 1.53. The van der Waals surface area contributed by atoms with Crippen LogP contribution in [0.4, 0.5) is 0 Å². The number of hydrogen-bond acceptors (Lipinski definition) is 4. The smallest absolute Gasteiger partial charge is 0.399 e. The Morgan fingerprint density at radius 1 is 0.219 bits per heavy atom. The molecule has 0 saturated carbocycles. The van der Waals surface area contributed by atoms with Crippen LogP contribution in [0, 0.1) is 0 Å². The standard InChI is InChI=1S/C58H37N.C44H36BNO2.C20H13Br/c1-4-18-38(19-5-1)55-45-26-10-12-28-47(45)56(48-29-13-11-27-46(48)55)39-32-34-40(35-33-39)57-51-37-53-50(36-49(51)44-25-15-17-31-54(44)59-57)43-24-14-16-30-52(43)58(53,41-20-6-2-7-21-41)42-22-8-3-9-23-42;1-42(2)43(3,4)48-45(47-42)32-25-23-29(24-26-32)41-37-28-39-36(27-35(37)34-20-12-14-22-40(34)46-41)33-19-11-13-21-38(33)44(39,30-15-7-5-8-16-30)31-17-9-6-10-18-31;21-20-17-12-6-4-10-15(17)19(14-8-2-1-3-9-14)16-11-5-7-13-18(16)20/h1-37H;5-28H,1-4H3;1-13H. The molecule has 1 saturated heterocycles. The van der Waals surface area contributed by atoms with Crippen LogP contribution in [0.1, 0.15) is 72.2 Å². The second-order valence-electron chi connectivity index (χ2n) is 35.0. The summed E-state index contributed by atoms with van der Waals surface area (Å²) in [6.07, 6.45) is 0. The molecule has 0 radical (unpaired) electrons. The molecule has 22 aromatic rings. The molecule has 3 heterocycles. The first kappa shape index (κ1) is 78.0. The van der Waals surface area contributed by atoms with E-state index < -0.39 is 29.2 Å². The number of fused-ring (bicyclic) bond motifs is 16. The van der Waals surface area contributed by atoms with Gasteiger partial charge >= 0.3 is 7.12 Å². The molecule has 4 nitrogen and oxygen atoms in total. The van der Waals surface area contributed by atoms with Crippen molar-refractivity contribution in [3.8, 4) is 78.1 Å². The van der Waals surface area contributed by atoms with E-state index in [0.717, 1.165) is 60.6 Å². The van der Waals surface area contributed by atoms with Gasteiger partial charge < -0.3 is 9.31 Å². The van der Waals surface area contributed by atoms with Crippen molar-refractivity contribution in [3.63, 3.8) is 0 Å². The topological polar surface area (TPSA) is 44.2 Å². The number of benzene rings is 20. The molecule has 2 aromatic heterocycles. The van der Waals surface area contributed by atoms with E-state index in [-0.39, 0.29) is 0 Å². The lowest BCUT2D eigenvalue weighted by atomic mass is 9.67. The molecule has 0 spiro atoms. The second kappa shape index (κ2) is 31.4. The monoisotopic (exact) mass is 1700 g/mol. The van der Waals surface area contributed by atoms with Gasteiger partial charge in [-0.05, 0) is 239 Å². The fraction of sp³-hybridized carbons (Fsp3) is 0.0656. The third kappa shape index (κ3) is 12.5. The predicted octanol–water partition coefficient (Wildman–Crippen LogP) is 31.2. The van der Waals surface area contributed by atoms with Gasteiger partial charge in [-0.1, -0.05) is 413 Å². The molecule has 0 N–H and O–H groups in total. The highest BCUT2D eigenvalue weighted by atomic mass is 79.9. The Bertz CT molecular complexity index is 7900. The minimum Gasteiger partial charge on any atom is -0.399 e. The zero-order valence-electron chi connectivity index (χ0n) is 71.4. The highest BCUT2D eigenvalue weighted by molar-refractivity contribution is 9.10. The van der Waals surface area contributed by atoms with E-state index in [1.54, 1.807) is 0 Å². The molecule has 1 aliphatic heterocycles. The fourth-order valence-corrected chi connectivity index (χ4v) is 21.8. The van der Waals surface area contributed by atoms with E-state index >= 15 is 0 Å². The highest BCUT2D eigenvalue weighted by Gasteiger charge is 2.52. The van der Waals surface area contributed by atoms with Crippen LogP contribution in [0.15, 0.2) is 453 Å². The van der Waals surface area contributed by atoms with Crippen molar-refractivity contribution < 1.29 is 9.31 Å². The van der Waals surface area contributed by atoms with Crippen LogP contribution in [0.25, 0.3) is 165 Å². The first-order valence-electron chi connectivity index (χ1n) is 44.3. The van der Waals surface area contributed by atoms with Crippen molar-refractivity contribution in [2.75, 3.05) is 0 Å². The number of para-hydroxylation sites is 2. The molecule has 0 unspecified atom stereocenters. The molecule has 25 rings (SSSR count). The lowest BCUT2D eigenvalue weighted by Crippen LogP contribution is -2.41. The van der Waals surface area contributed by atoms with Crippen molar-refractivity contribution in [1.82, 2.24) is 9.97 Å². The lowest BCUT2D eigenvalue weighted by Gasteiger charge is -2.34. The number of hydrogen-bond donors (Lipinski definition) is 0. The summed E-state index contributed by atoms with van der Waals surface area (Å²) >= 11 is 3.79. The highest BCUT2D eigenvalue weighted by Crippen LogP contribution is 2.60. The summed E-state index contributed by atoms with van der Waals surface area (Å²) in [5.74, 6) is 0. The van der Waals surface area contributed by atoms with Crippen LogP contribution in [-0.4, -0.2) is 28.3 Å². The van der Waals surface area contributed by atoms with Crippen LogP contribution in [-0.2, 0) is 20.1 Å². The molecule has 3 aliphatic rings. The summed E-state index contributed by atoms with van der Waals surface area (Å²) in [6.45, 7) is 8.37. The van der Waals surface area contributed by atoms with Gasteiger partial charge in [0.15, 0.2) is 0 Å². The average molecular weight is 1700 g/mol. The SMILES string of the molecule is Brc1c2ccccc2c(-c2ccccc2)c2ccccc12.CC1(C)OB(c2ccc(-c3nc4ccccc4c4cc5c(cc34)C(c3ccccc3)(c3ccccc3)c3ccccc3-5)cc2)OC1(C)C.c1ccc(-c2c3ccccc3c(-c3ccc(-c4nc5ccccc5c5cc6c(cc45)C(c4ccccc4)(c4ccccc4)c4ccccc4-6)cc3)c3ccccc23)cc1. The molecular formula is C122H86BBrN2O2. The molecular weight excluding hydrogens is 1620 g/mol. The quantitative estimate of drug-likeness (QED) is 0.0778. The minimum atomic E-state index is -0.497. The van der Waals surface area contributed by atoms with Crippen molar-refractivity contribution in [2.45, 2.75) is 49.7 Å². The number of pyridine rings is 2. The van der Waals surface area contributed by atoms with Crippen molar-refractivity contribution in [1.29, 1.82) is 0 Å². The summed E-state index contributed by atoms with van der Waals surface area (Å²) in [4.78, 5) is 10.8. The maximum absolute atomic E-state index is 6.37. The van der Waals surface area contributed by atoms with Crippen LogP contribution in [0.5, 0.6) is 0 Å². The van der Waals surface area contributed by atoms with Crippen LogP contribution < -0.4 is 5.46 Å². The first-order chi connectivity index (χ1) is 62.9. The maximum Gasteiger partial charge on any atom is 0.494 e. The first-order valence-corrected chi connectivity index (χ1v) is 45.1. The van der Waals surface area contributed by atoms with Gasteiger partial charge in [-0.25, -0.2) is 9.97 Å². The van der Waals surface area contributed by atoms with Crippen LogP contribution >= 0.6 is 15.9 Å². The van der Waals surface area contributed by atoms with Crippen molar-refractivity contribution in [2.24, 2.45) is 0 Å². The number of aromatic nitrogens is 2. The summed E-state index contributed by atoms with van der Waals surface area (Å²) in [5, 5.41) is 17.1. The normalized spacial score (nSPS) is 14.1. The maximum atomic E-state index is 6.37. The zero-order chi connectivity index (χ0) is 85.8. The number of rotatable bonds is 10. The fourth-order valence-electron chi connectivity index (χ4n) is 21.1. The van der Waals surface area contributed by atoms with Crippen molar-refractivity contribution in [3.05, 3.63) is 498 Å². The van der Waals surface area contributed by atoms with Crippen molar-refractivity contribution >= 4 is 115 Å². The second-order valence-corrected chi connectivity index (χ2v) is 35.8. The Morgan fingerprint density at radius 2 is 0.484 bits per heavy atom. The number of nitrogens with zero attached hydrogens (tertiary/aromatic N) is 2. The number of halogens is 1. The Hall–Kier alpha value is -14.8. The molecule has 0 amide bonds. The summed E-state index contributed by atoms with van der Waals surface area (Å²) in [7, 11) is -0.413. The van der Waals surface area contributed by atoms with E-state index in [2.05, 4.69) is 493 Å². The Labute approximate surface area is 754 Å². The van der Waals surface area contributed by atoms with E-state index in [9.17, 15) is 0 Å². The Balaban J connectivity index is 0.000000121. The third-order valence-corrected chi connectivity index (χ3v) is 28.5. The molecule has 606 valence electrons. The molecule has 128 heavy (non-hydrogen) atoms. The molecule has 0 bridgehead atoms. The van der Waals surface area contributed by atoms with E-state index in [4.69, 9.17) is 19.3 Å². The Morgan fingerprint density at radius 3 is 0.836 bits per heavy atom. The molecule has 0 atom stereocenters. The minimum absolute atomic E-state index is 0.394. The summed E-state index contributed by atoms with van der Waals surface area (Å²) in [6, 6.07) is 163. The summed E-state index contributed by atoms with van der Waals surface area (Å²) in [5.41, 5.74) is 28.2. The van der Waals surface area contributed by atoms with Gasteiger partial charge in [0.1, 0.15) is 0 Å². The van der Waals surface area contributed by atoms with Gasteiger partial charge in [0.2, 0.25) is 0 Å². The third-order valence-electron chi connectivity index (χ3n) is 27.6. The van der Waals surface area contributed by atoms with Gasteiger partial charge in [-0.3, -0.25) is 0 Å². The van der Waals surface area contributed by atoms with Gasteiger partial charge in [-0.15, -0.1) is 0 Å². The Kier molecular flexibility index (Phi) is 19.2. The van der Waals surface area contributed by atoms with E-state index in [1.807, 2.05) is 0 Å². The van der Waals surface area contributed by atoms with E-state index in [0.29, 0.717) is 0 Å². The lowest BCUT2D eigenvalue weighted by molar-refractivity contribution is 0.00578. The largest absolute Gasteiger partial charge is 0.494 e. The molecule has 20 aromatic carbocycles. The van der Waals surface area contributed by atoms with E-state index in [1.165, 1.54) is 158 Å². The van der Waals surface area contributed by atoms with Crippen LogP contribution in [0.3, 0.4) is 0 Å². The van der Waals surface area contributed by atoms with Gasteiger partial charge in [0.05, 0.1) is 44.5 Å². The summed E-state index contributed by atoms with van der Waals surface area (Å²) < 4.78 is 13.9. The zero-order valence-corrected chi connectivity index (χ0v) is 73.0. The van der Waals surface area contributed by atoms with Gasteiger partial charge in [-0.2, -0.15) is 0 Å². The van der Waals surface area contributed by atoms with Crippen LogP contribution in [0.2, 0.25) is 0 Å². The molecule has 6 heteroatoms.